The van der Waals surface area contributed by atoms with Gasteiger partial charge in [-0.25, -0.2) is 13.1 Å². The highest BCUT2D eigenvalue weighted by atomic mass is 32.2. The molecule has 0 spiro atoms. The number of likely N-dealkylation sites (N-methyl/N-ethyl adjacent to an activating group) is 1. The number of carbonyl (C=O) groups excluding carboxylic acids is 2. The quantitative estimate of drug-likeness (QED) is 0.591. The Balaban J connectivity index is 1.80. The zero-order valence-corrected chi connectivity index (χ0v) is 16.6. The van der Waals surface area contributed by atoms with Crippen LogP contribution in [0.1, 0.15) is 56.9 Å². The maximum absolute atomic E-state index is 12.3. The Morgan fingerprint density at radius 2 is 1.67 bits per heavy atom. The fourth-order valence-corrected chi connectivity index (χ4v) is 4.30. The molecule has 1 aliphatic rings. The van der Waals surface area contributed by atoms with Gasteiger partial charge in [0.2, 0.25) is 21.8 Å². The lowest BCUT2D eigenvalue weighted by Gasteiger charge is -2.22. The Morgan fingerprint density at radius 1 is 1.00 bits per heavy atom. The van der Waals surface area contributed by atoms with Gasteiger partial charge in [0.15, 0.2) is 0 Å². The van der Waals surface area contributed by atoms with Gasteiger partial charge in [0, 0.05) is 19.5 Å². The topological polar surface area (TPSA) is 104 Å². The summed E-state index contributed by atoms with van der Waals surface area (Å²) in [5, 5.41) is 5.02. The van der Waals surface area contributed by atoms with Gasteiger partial charge in [-0.05, 0) is 43.4 Å². The largest absolute Gasteiger partial charge is 0.355 e. The summed E-state index contributed by atoms with van der Waals surface area (Å²) < 4.78 is 27.1. The van der Waals surface area contributed by atoms with Crippen molar-refractivity contribution in [3.8, 4) is 0 Å². The molecular formula is C19H29N3O4S. The minimum Gasteiger partial charge on any atom is -0.355 e. The van der Waals surface area contributed by atoms with Crippen LogP contribution in [0, 0.1) is 0 Å². The Hall–Kier alpha value is -1.93. The highest BCUT2D eigenvalue weighted by Crippen LogP contribution is 2.32. The van der Waals surface area contributed by atoms with E-state index in [1.807, 2.05) is 12.1 Å². The Morgan fingerprint density at radius 3 is 2.30 bits per heavy atom. The fourth-order valence-electron chi connectivity index (χ4n) is 3.26. The van der Waals surface area contributed by atoms with Crippen molar-refractivity contribution in [1.82, 2.24) is 15.4 Å². The summed E-state index contributed by atoms with van der Waals surface area (Å²) in [7, 11) is -3.65. The molecule has 7 nitrogen and oxygen atoms in total. The molecular weight excluding hydrogens is 366 g/mol. The van der Waals surface area contributed by atoms with Gasteiger partial charge in [-0.15, -0.1) is 0 Å². The van der Waals surface area contributed by atoms with Crippen molar-refractivity contribution >= 4 is 21.8 Å². The number of amides is 2. The molecule has 0 aliphatic heterocycles. The number of sulfonamides is 1. The van der Waals surface area contributed by atoms with Crippen LogP contribution < -0.4 is 15.4 Å². The molecule has 0 heterocycles. The van der Waals surface area contributed by atoms with E-state index < -0.39 is 10.0 Å². The number of benzene rings is 1. The van der Waals surface area contributed by atoms with Crippen molar-refractivity contribution in [3.05, 3.63) is 29.8 Å². The van der Waals surface area contributed by atoms with E-state index in [-0.39, 0.29) is 36.2 Å². The van der Waals surface area contributed by atoms with Crippen molar-refractivity contribution in [2.24, 2.45) is 0 Å². The lowest BCUT2D eigenvalue weighted by Crippen LogP contribution is -2.38. The van der Waals surface area contributed by atoms with Crippen LogP contribution in [0.2, 0.25) is 0 Å². The number of hydrogen-bond acceptors (Lipinski definition) is 4. The standard InChI is InChI=1S/C19H29N3O4S/c1-2-20-19(24)14-21-18(23)12-13-22-27(25,26)17-10-8-16(9-11-17)15-6-4-3-5-7-15/h8-11,15,22H,2-7,12-14H2,1H3,(H,20,24)(H,21,23). The first kappa shape index (κ1) is 21.4. The summed E-state index contributed by atoms with van der Waals surface area (Å²) in [4.78, 5) is 23.1. The summed E-state index contributed by atoms with van der Waals surface area (Å²) in [5.74, 6) is -0.127. The van der Waals surface area contributed by atoms with Crippen LogP contribution in [0.3, 0.4) is 0 Å². The molecule has 0 unspecified atom stereocenters. The Labute approximate surface area is 161 Å². The normalized spacial score (nSPS) is 15.3. The highest BCUT2D eigenvalue weighted by molar-refractivity contribution is 7.89. The van der Waals surface area contributed by atoms with Gasteiger partial charge < -0.3 is 10.6 Å². The first-order valence-electron chi connectivity index (χ1n) is 9.55. The smallest absolute Gasteiger partial charge is 0.240 e. The molecule has 150 valence electrons. The molecule has 0 saturated heterocycles. The molecule has 27 heavy (non-hydrogen) atoms. The van der Waals surface area contributed by atoms with E-state index in [4.69, 9.17) is 0 Å². The lowest BCUT2D eigenvalue weighted by atomic mass is 9.84. The molecule has 0 radical (unpaired) electrons. The molecule has 0 aromatic heterocycles. The van der Waals surface area contributed by atoms with Gasteiger partial charge in [-0.1, -0.05) is 31.4 Å². The SMILES string of the molecule is CCNC(=O)CNC(=O)CCNS(=O)(=O)c1ccc(C2CCCCC2)cc1. The summed E-state index contributed by atoms with van der Waals surface area (Å²) in [6.07, 6.45) is 6.04. The molecule has 8 heteroatoms. The average Bonchev–Trinajstić information content (AvgIpc) is 2.67. The average molecular weight is 396 g/mol. The second-order valence-electron chi connectivity index (χ2n) is 6.78. The molecule has 1 aromatic rings. The number of hydrogen-bond donors (Lipinski definition) is 3. The van der Waals surface area contributed by atoms with Gasteiger partial charge in [-0.3, -0.25) is 9.59 Å². The summed E-state index contributed by atoms with van der Waals surface area (Å²) in [5.41, 5.74) is 1.19. The van der Waals surface area contributed by atoms with Crippen LogP contribution in [-0.4, -0.2) is 39.9 Å². The monoisotopic (exact) mass is 395 g/mol. The molecule has 1 saturated carbocycles. The number of nitrogens with one attached hydrogen (secondary N) is 3. The first-order chi connectivity index (χ1) is 12.9. The van der Waals surface area contributed by atoms with E-state index in [0.717, 1.165) is 12.8 Å². The maximum atomic E-state index is 12.3. The minimum atomic E-state index is -3.65. The van der Waals surface area contributed by atoms with Crippen LogP contribution in [0.5, 0.6) is 0 Å². The zero-order valence-electron chi connectivity index (χ0n) is 15.8. The molecule has 2 rings (SSSR count). The maximum Gasteiger partial charge on any atom is 0.240 e. The van der Waals surface area contributed by atoms with E-state index in [9.17, 15) is 18.0 Å². The van der Waals surface area contributed by atoms with Gasteiger partial charge in [0.05, 0.1) is 11.4 Å². The molecule has 3 N–H and O–H groups in total. The Kier molecular flexibility index (Phi) is 8.24. The van der Waals surface area contributed by atoms with Crippen molar-refractivity contribution in [2.75, 3.05) is 19.6 Å². The van der Waals surface area contributed by atoms with E-state index in [0.29, 0.717) is 12.5 Å². The molecule has 0 atom stereocenters. The van der Waals surface area contributed by atoms with Gasteiger partial charge in [0.25, 0.3) is 0 Å². The molecule has 0 bridgehead atoms. The van der Waals surface area contributed by atoms with E-state index in [1.54, 1.807) is 19.1 Å². The van der Waals surface area contributed by atoms with Crippen LogP contribution in [0.25, 0.3) is 0 Å². The molecule has 1 fully saturated rings. The number of rotatable bonds is 9. The van der Waals surface area contributed by atoms with E-state index >= 15 is 0 Å². The summed E-state index contributed by atoms with van der Waals surface area (Å²) in [6, 6.07) is 7.04. The lowest BCUT2D eigenvalue weighted by molar-refractivity contribution is -0.125. The van der Waals surface area contributed by atoms with E-state index in [2.05, 4.69) is 15.4 Å². The third kappa shape index (κ3) is 6.95. The number of carbonyl (C=O) groups is 2. The molecule has 2 amide bonds. The fraction of sp³-hybridized carbons (Fsp3) is 0.579. The van der Waals surface area contributed by atoms with Crippen molar-refractivity contribution in [1.29, 1.82) is 0 Å². The third-order valence-corrected chi connectivity index (χ3v) is 6.21. The predicted molar refractivity (Wildman–Crippen MR) is 104 cm³/mol. The first-order valence-corrected chi connectivity index (χ1v) is 11.0. The summed E-state index contributed by atoms with van der Waals surface area (Å²) in [6.45, 7) is 2.15. The van der Waals surface area contributed by atoms with E-state index in [1.165, 1.54) is 24.8 Å². The highest BCUT2D eigenvalue weighted by Gasteiger charge is 2.18. The van der Waals surface area contributed by atoms with Gasteiger partial charge in [-0.2, -0.15) is 0 Å². The molecule has 1 aliphatic carbocycles. The van der Waals surface area contributed by atoms with Crippen molar-refractivity contribution in [3.63, 3.8) is 0 Å². The third-order valence-electron chi connectivity index (χ3n) is 4.73. The molecule has 1 aromatic carbocycles. The second kappa shape index (κ2) is 10.4. The van der Waals surface area contributed by atoms with Crippen LogP contribution in [0.15, 0.2) is 29.2 Å². The second-order valence-corrected chi connectivity index (χ2v) is 8.55. The van der Waals surface area contributed by atoms with Crippen molar-refractivity contribution in [2.45, 2.75) is 56.3 Å². The van der Waals surface area contributed by atoms with Crippen LogP contribution >= 0.6 is 0 Å². The Bertz CT molecular complexity index is 726. The van der Waals surface area contributed by atoms with Crippen LogP contribution in [0.4, 0.5) is 0 Å². The zero-order chi connectivity index (χ0) is 19.7. The van der Waals surface area contributed by atoms with Gasteiger partial charge >= 0.3 is 0 Å². The van der Waals surface area contributed by atoms with Crippen LogP contribution in [-0.2, 0) is 19.6 Å². The minimum absolute atomic E-state index is 0.0199. The predicted octanol–water partition coefficient (Wildman–Crippen LogP) is 1.65. The summed E-state index contributed by atoms with van der Waals surface area (Å²) >= 11 is 0. The van der Waals surface area contributed by atoms with Crippen molar-refractivity contribution < 1.29 is 18.0 Å². The van der Waals surface area contributed by atoms with Gasteiger partial charge in [0.1, 0.15) is 0 Å².